The van der Waals surface area contributed by atoms with Crippen LogP contribution < -0.4 is 10.6 Å². The molecule has 4 N–H and O–H groups in total. The molecule has 0 unspecified atom stereocenters. The summed E-state index contributed by atoms with van der Waals surface area (Å²) in [6, 6.07) is 13.7. The normalized spacial score (nSPS) is 15.5. The summed E-state index contributed by atoms with van der Waals surface area (Å²) < 4.78 is 33.2. The minimum absolute atomic E-state index is 0.0677. The molecule has 2 aromatic heterocycles. The lowest BCUT2D eigenvalue weighted by Gasteiger charge is -2.35. The molecule has 5 rings (SSSR count). The second-order valence-electron chi connectivity index (χ2n) is 15.3. The van der Waals surface area contributed by atoms with Gasteiger partial charge < -0.3 is 39.9 Å². The highest BCUT2D eigenvalue weighted by atomic mass is 32.2. The number of aromatic nitrogens is 4. The number of hydrogen-bond acceptors (Lipinski definition) is 10. The van der Waals surface area contributed by atoms with E-state index in [-0.39, 0.29) is 24.4 Å². The molecule has 4 aromatic rings. The molecule has 1 saturated heterocycles. The van der Waals surface area contributed by atoms with Gasteiger partial charge >= 0.3 is 12.2 Å². The number of amides is 4. The Labute approximate surface area is 339 Å². The smallest absolute Gasteiger partial charge is 0.407 e. The van der Waals surface area contributed by atoms with Crippen LogP contribution in [-0.2, 0) is 35.4 Å². The maximum atomic E-state index is 13.8. The molecule has 3 heterocycles. The van der Waals surface area contributed by atoms with E-state index in [4.69, 9.17) is 9.47 Å². The molecule has 0 aliphatic carbocycles. The standard InChI is InChI=1S/C41H54N8O8S/c1-9-20-48(38(51)35(47-40(53)57-7)41(4,5)58(8,54)55)24-33-42-22-30(44-33)28-16-12-26(13-17-28)27-14-18-29(19-15-27)31-23-43-36(45-31)32-11-10-21-49(32)37(50)34(25(2)3)46-39(52)56-6/h12-19,22-23,25,32,34-35H,9-11,20-21,24H2,1-8H3,(H,42,44)(H,43,45)(H,46,52)(H,47,53)/t32-,34-,35+/m0/s1. The van der Waals surface area contributed by atoms with Gasteiger partial charge in [0, 0.05) is 19.3 Å². The zero-order valence-electron chi connectivity index (χ0n) is 34.3. The maximum absolute atomic E-state index is 13.8. The lowest BCUT2D eigenvalue weighted by atomic mass is 10.0. The third-order valence-corrected chi connectivity index (χ3v) is 12.8. The Kier molecular flexibility index (Phi) is 13.7. The van der Waals surface area contributed by atoms with Gasteiger partial charge in [-0.2, -0.15) is 0 Å². The molecule has 17 heteroatoms. The molecule has 2 aromatic carbocycles. The van der Waals surface area contributed by atoms with E-state index >= 15 is 0 Å². The Bertz CT molecular complexity index is 2180. The first-order valence-electron chi connectivity index (χ1n) is 19.3. The van der Waals surface area contributed by atoms with Crippen molar-refractivity contribution >= 4 is 33.8 Å². The molecule has 1 fully saturated rings. The van der Waals surface area contributed by atoms with Crippen molar-refractivity contribution in [3.8, 4) is 33.6 Å². The van der Waals surface area contributed by atoms with Crippen molar-refractivity contribution in [2.24, 2.45) is 5.92 Å². The molecule has 312 valence electrons. The Morgan fingerprint density at radius 3 is 1.95 bits per heavy atom. The van der Waals surface area contributed by atoms with Crippen molar-refractivity contribution < 1.29 is 37.1 Å². The van der Waals surface area contributed by atoms with Gasteiger partial charge in [-0.3, -0.25) is 9.59 Å². The first-order valence-corrected chi connectivity index (χ1v) is 21.2. The molecule has 58 heavy (non-hydrogen) atoms. The monoisotopic (exact) mass is 818 g/mol. The van der Waals surface area contributed by atoms with Gasteiger partial charge in [0.1, 0.15) is 23.7 Å². The largest absolute Gasteiger partial charge is 0.453 e. The predicted molar refractivity (Wildman–Crippen MR) is 219 cm³/mol. The maximum Gasteiger partial charge on any atom is 0.407 e. The number of H-pyrrole nitrogens is 2. The number of rotatable bonds is 15. The van der Waals surface area contributed by atoms with Crippen molar-refractivity contribution in [1.82, 2.24) is 40.4 Å². The van der Waals surface area contributed by atoms with Gasteiger partial charge in [-0.25, -0.2) is 28.0 Å². The highest BCUT2D eigenvalue weighted by molar-refractivity contribution is 7.92. The van der Waals surface area contributed by atoms with Gasteiger partial charge in [-0.05, 0) is 61.3 Å². The van der Waals surface area contributed by atoms with Crippen LogP contribution in [0.25, 0.3) is 33.6 Å². The number of alkyl carbamates (subject to hydrolysis) is 2. The first-order chi connectivity index (χ1) is 27.5. The summed E-state index contributed by atoms with van der Waals surface area (Å²) in [5, 5.41) is 5.12. The average Bonchev–Trinajstić information content (AvgIpc) is 3.99. The Morgan fingerprint density at radius 1 is 0.879 bits per heavy atom. The average molecular weight is 819 g/mol. The van der Waals surface area contributed by atoms with Crippen molar-refractivity contribution in [2.45, 2.75) is 83.3 Å². The minimum atomic E-state index is -3.77. The fourth-order valence-corrected chi connectivity index (χ4v) is 7.53. The van der Waals surface area contributed by atoms with Crippen molar-refractivity contribution in [1.29, 1.82) is 0 Å². The first kappa shape index (κ1) is 43.4. The predicted octanol–water partition coefficient (Wildman–Crippen LogP) is 5.46. The Balaban J connectivity index is 1.26. The summed E-state index contributed by atoms with van der Waals surface area (Å²) in [4.78, 5) is 70.6. The number of nitrogens with one attached hydrogen (secondary N) is 4. The van der Waals surface area contributed by atoms with Gasteiger partial charge in [0.05, 0.1) is 55.3 Å². The molecule has 0 saturated carbocycles. The molecule has 0 spiro atoms. The fourth-order valence-electron chi connectivity index (χ4n) is 6.94. The van der Waals surface area contributed by atoms with E-state index in [9.17, 15) is 27.6 Å². The number of carbonyl (C=O) groups excluding carboxylic acids is 4. The van der Waals surface area contributed by atoms with Crippen molar-refractivity contribution in [2.75, 3.05) is 33.6 Å². The number of aromatic amines is 2. The van der Waals surface area contributed by atoms with Gasteiger partial charge in [-0.1, -0.05) is 69.3 Å². The van der Waals surface area contributed by atoms with E-state index in [0.717, 1.165) is 59.8 Å². The van der Waals surface area contributed by atoms with Crippen LogP contribution in [0, 0.1) is 5.92 Å². The molecule has 16 nitrogen and oxygen atoms in total. The molecule has 4 amide bonds. The summed E-state index contributed by atoms with van der Waals surface area (Å²) in [5.41, 5.74) is 5.38. The minimum Gasteiger partial charge on any atom is -0.453 e. The van der Waals surface area contributed by atoms with Gasteiger partial charge in [-0.15, -0.1) is 0 Å². The topological polar surface area (TPSA) is 209 Å². The van der Waals surface area contributed by atoms with E-state index in [0.29, 0.717) is 31.2 Å². The number of ether oxygens (including phenoxy) is 2. The van der Waals surface area contributed by atoms with Crippen LogP contribution in [0.5, 0.6) is 0 Å². The van der Waals surface area contributed by atoms with Crippen LogP contribution in [0.1, 0.15) is 71.6 Å². The molecular weight excluding hydrogens is 765 g/mol. The molecule has 0 radical (unpaired) electrons. The van der Waals surface area contributed by atoms with E-state index < -0.39 is 44.8 Å². The van der Waals surface area contributed by atoms with Crippen molar-refractivity contribution in [3.05, 3.63) is 72.6 Å². The number of likely N-dealkylation sites (tertiary alicyclic amines) is 1. The van der Waals surface area contributed by atoms with Gasteiger partial charge in [0.15, 0.2) is 9.84 Å². The zero-order chi connectivity index (χ0) is 42.4. The summed E-state index contributed by atoms with van der Waals surface area (Å²) in [6.07, 6.45) is 5.11. The highest BCUT2D eigenvalue weighted by Gasteiger charge is 2.46. The van der Waals surface area contributed by atoms with Crippen LogP contribution in [0.2, 0.25) is 0 Å². The lowest BCUT2D eigenvalue weighted by molar-refractivity contribution is -0.136. The number of sulfone groups is 1. The van der Waals surface area contributed by atoms with Crippen LogP contribution in [-0.4, -0.2) is 113 Å². The lowest BCUT2D eigenvalue weighted by Crippen LogP contribution is -2.61. The third kappa shape index (κ3) is 9.69. The summed E-state index contributed by atoms with van der Waals surface area (Å²) in [7, 11) is -1.35. The van der Waals surface area contributed by atoms with Gasteiger partial charge in [0.2, 0.25) is 11.8 Å². The highest BCUT2D eigenvalue weighted by Crippen LogP contribution is 2.33. The molecule has 3 atom stereocenters. The number of methoxy groups -OCH3 is 2. The fraction of sp³-hybridized carbons (Fsp3) is 0.463. The van der Waals surface area contributed by atoms with Gasteiger partial charge in [0.25, 0.3) is 0 Å². The number of benzene rings is 2. The zero-order valence-corrected chi connectivity index (χ0v) is 35.1. The molecule has 1 aliphatic rings. The Morgan fingerprint density at radius 2 is 1.41 bits per heavy atom. The van der Waals surface area contributed by atoms with Crippen molar-refractivity contribution in [3.63, 3.8) is 0 Å². The number of imidazole rings is 2. The second kappa shape index (κ2) is 18.3. The Hall–Kier alpha value is -5.71. The second-order valence-corrected chi connectivity index (χ2v) is 17.9. The number of hydrogen-bond donors (Lipinski definition) is 4. The van der Waals surface area contributed by atoms with E-state index in [1.165, 1.54) is 25.9 Å². The van der Waals surface area contributed by atoms with E-state index in [1.54, 1.807) is 17.3 Å². The van der Waals surface area contributed by atoms with Crippen LogP contribution in [0.3, 0.4) is 0 Å². The summed E-state index contributed by atoms with van der Waals surface area (Å²) >= 11 is 0. The quantitative estimate of drug-likeness (QED) is 0.119. The SMILES string of the molecule is CCCN(Cc1ncc(-c2ccc(-c3ccc(-c4cnc([C@@H]5CCCN5C(=O)[C@@H](NC(=O)OC)C(C)C)[nH]4)cc3)cc2)[nH]1)C(=O)[C@@H](NC(=O)OC)C(C)(C)S(C)(=O)=O. The summed E-state index contributed by atoms with van der Waals surface area (Å²) in [6.45, 7) is 9.42. The third-order valence-electron chi connectivity index (χ3n) is 10.7. The van der Waals surface area contributed by atoms with Crippen LogP contribution >= 0.6 is 0 Å². The molecule has 0 bridgehead atoms. The molecule has 1 aliphatic heterocycles. The number of carbonyl (C=O) groups is 4. The van der Waals surface area contributed by atoms with Crippen LogP contribution in [0.15, 0.2) is 60.9 Å². The number of nitrogens with zero attached hydrogens (tertiary/aromatic N) is 4. The van der Waals surface area contributed by atoms with E-state index in [2.05, 4.69) is 30.6 Å². The summed E-state index contributed by atoms with van der Waals surface area (Å²) in [5.74, 6) is 0.343. The molecular formula is C41H54N8O8S. The van der Waals surface area contributed by atoms with E-state index in [1.807, 2.05) is 69.3 Å². The van der Waals surface area contributed by atoms with Crippen LogP contribution in [0.4, 0.5) is 9.59 Å².